The first kappa shape index (κ1) is 21.4. The number of rotatable bonds is 10. The molecular weight excluding hydrogens is 384 g/mol. The fourth-order valence-corrected chi connectivity index (χ4v) is 3.34. The van der Waals surface area contributed by atoms with Crippen molar-refractivity contribution in [2.24, 2.45) is 0 Å². The van der Waals surface area contributed by atoms with Crippen LogP contribution in [0.4, 0.5) is 0 Å². The highest BCUT2D eigenvalue weighted by Gasteiger charge is 2.14. The number of hydrogen-bond acceptors (Lipinski definition) is 6. The van der Waals surface area contributed by atoms with Crippen molar-refractivity contribution >= 4 is 21.9 Å². The van der Waals surface area contributed by atoms with Crippen LogP contribution in [0, 0.1) is 0 Å². The summed E-state index contributed by atoms with van der Waals surface area (Å²) in [6.07, 6.45) is -0.189. The Morgan fingerprint density at radius 2 is 1.68 bits per heavy atom. The summed E-state index contributed by atoms with van der Waals surface area (Å²) in [5.74, 6) is -0.502. The van der Waals surface area contributed by atoms with Crippen LogP contribution in [0.2, 0.25) is 0 Å². The Bertz CT molecular complexity index is 900. The lowest BCUT2D eigenvalue weighted by atomic mass is 10.2. The molecule has 1 amide bonds. The molecule has 0 unspecified atom stereocenters. The van der Waals surface area contributed by atoms with E-state index in [0.717, 1.165) is 5.56 Å². The van der Waals surface area contributed by atoms with Crippen molar-refractivity contribution in [3.63, 3.8) is 0 Å². The number of methoxy groups -OCH3 is 1. The summed E-state index contributed by atoms with van der Waals surface area (Å²) in [6.45, 7) is -0.338. The lowest BCUT2D eigenvalue weighted by Gasteiger charge is -2.10. The van der Waals surface area contributed by atoms with Gasteiger partial charge < -0.3 is 14.8 Å². The molecule has 0 bridgehead atoms. The molecule has 0 aliphatic heterocycles. The molecule has 0 saturated heterocycles. The number of para-hydroxylation sites is 1. The lowest BCUT2D eigenvalue weighted by Crippen LogP contribution is -2.30. The van der Waals surface area contributed by atoms with E-state index in [0.29, 0.717) is 5.75 Å². The number of ether oxygens (including phenoxy) is 2. The van der Waals surface area contributed by atoms with Crippen LogP contribution in [-0.2, 0) is 30.9 Å². The molecule has 0 saturated carbocycles. The molecule has 0 atom stereocenters. The van der Waals surface area contributed by atoms with E-state index in [4.69, 9.17) is 9.47 Å². The van der Waals surface area contributed by atoms with Crippen molar-refractivity contribution in [3.05, 3.63) is 60.2 Å². The average Bonchev–Trinajstić information content (AvgIpc) is 2.71. The number of nitrogens with one attached hydrogen (secondary N) is 2. The number of hydrogen-bond donors (Lipinski definition) is 2. The summed E-state index contributed by atoms with van der Waals surface area (Å²) in [7, 11) is -2.15. The number of amides is 1. The van der Waals surface area contributed by atoms with Gasteiger partial charge in [-0.2, -0.15) is 0 Å². The van der Waals surface area contributed by atoms with Gasteiger partial charge in [0.15, 0.2) is 6.61 Å². The highest BCUT2D eigenvalue weighted by atomic mass is 32.2. The Morgan fingerprint density at radius 1 is 1.00 bits per heavy atom. The molecule has 0 aliphatic rings. The number of carbonyl (C=O) groups excluding carboxylic acids is 2. The maximum Gasteiger partial charge on any atom is 0.307 e. The zero-order chi connectivity index (χ0) is 20.4. The second-order valence-corrected chi connectivity index (χ2v) is 7.48. The van der Waals surface area contributed by atoms with Crippen molar-refractivity contribution < 1.29 is 27.5 Å². The van der Waals surface area contributed by atoms with Crippen molar-refractivity contribution in [2.45, 2.75) is 17.9 Å². The molecule has 0 aliphatic carbocycles. The van der Waals surface area contributed by atoms with E-state index in [1.165, 1.54) is 19.2 Å². The van der Waals surface area contributed by atoms with Crippen LogP contribution in [0.3, 0.4) is 0 Å². The normalized spacial score (nSPS) is 10.9. The number of benzene rings is 2. The van der Waals surface area contributed by atoms with E-state index < -0.39 is 28.5 Å². The van der Waals surface area contributed by atoms with E-state index in [-0.39, 0.29) is 24.4 Å². The molecule has 9 heteroatoms. The summed E-state index contributed by atoms with van der Waals surface area (Å²) >= 11 is 0. The van der Waals surface area contributed by atoms with Gasteiger partial charge in [0.2, 0.25) is 10.0 Å². The molecule has 2 N–H and O–H groups in total. The number of sulfonamides is 1. The zero-order valence-electron chi connectivity index (χ0n) is 15.4. The third-order valence-electron chi connectivity index (χ3n) is 3.71. The maximum atomic E-state index is 12.0. The molecule has 0 aromatic heterocycles. The first-order valence-electron chi connectivity index (χ1n) is 8.51. The van der Waals surface area contributed by atoms with Crippen molar-refractivity contribution in [1.29, 1.82) is 0 Å². The highest BCUT2D eigenvalue weighted by Crippen LogP contribution is 2.16. The SMILES string of the molecule is COc1ccccc1CNC(=O)COC(=O)CCNS(=O)(=O)c1ccccc1. The largest absolute Gasteiger partial charge is 0.496 e. The monoisotopic (exact) mass is 406 g/mol. The quantitative estimate of drug-likeness (QED) is 0.574. The molecule has 28 heavy (non-hydrogen) atoms. The Balaban J connectivity index is 1.68. The average molecular weight is 406 g/mol. The van der Waals surface area contributed by atoms with Crippen LogP contribution < -0.4 is 14.8 Å². The number of carbonyl (C=O) groups is 2. The minimum atomic E-state index is -3.68. The van der Waals surface area contributed by atoms with Gasteiger partial charge in [-0.1, -0.05) is 36.4 Å². The standard InChI is InChI=1S/C19H22N2O6S/c1-26-17-10-6-5-7-15(17)13-20-18(22)14-27-19(23)11-12-21-28(24,25)16-8-3-2-4-9-16/h2-10,21H,11-14H2,1H3,(H,20,22). The summed E-state index contributed by atoms with van der Waals surface area (Å²) < 4.78 is 36.4. The van der Waals surface area contributed by atoms with Crippen LogP contribution in [0.15, 0.2) is 59.5 Å². The van der Waals surface area contributed by atoms with Gasteiger partial charge in [-0.3, -0.25) is 9.59 Å². The first-order valence-corrected chi connectivity index (χ1v) is 9.99. The van der Waals surface area contributed by atoms with Gasteiger partial charge in [-0.05, 0) is 18.2 Å². The molecule has 2 aromatic rings. The number of esters is 1. The second-order valence-electron chi connectivity index (χ2n) is 5.71. The van der Waals surface area contributed by atoms with Gasteiger partial charge in [0.1, 0.15) is 5.75 Å². The summed E-state index contributed by atoms with van der Waals surface area (Å²) in [6, 6.07) is 15.0. The molecule has 0 fully saturated rings. The predicted octanol–water partition coefficient (Wildman–Crippen LogP) is 1.22. The van der Waals surface area contributed by atoms with Gasteiger partial charge in [0, 0.05) is 18.7 Å². The first-order chi connectivity index (χ1) is 13.4. The van der Waals surface area contributed by atoms with Gasteiger partial charge in [0.25, 0.3) is 5.91 Å². The Kier molecular flexibility index (Phi) is 7.97. The molecule has 2 aromatic carbocycles. The fraction of sp³-hybridized carbons (Fsp3) is 0.263. The molecule has 2 rings (SSSR count). The van der Waals surface area contributed by atoms with Gasteiger partial charge in [0.05, 0.1) is 18.4 Å². The molecule has 0 radical (unpaired) electrons. The van der Waals surface area contributed by atoms with E-state index >= 15 is 0 Å². The van der Waals surface area contributed by atoms with Gasteiger partial charge in [-0.25, -0.2) is 13.1 Å². The summed E-state index contributed by atoms with van der Waals surface area (Å²) in [4.78, 5) is 23.6. The molecule has 8 nitrogen and oxygen atoms in total. The minimum absolute atomic E-state index is 0.110. The van der Waals surface area contributed by atoms with E-state index in [2.05, 4.69) is 10.0 Å². The van der Waals surface area contributed by atoms with E-state index in [9.17, 15) is 18.0 Å². The molecule has 0 heterocycles. The zero-order valence-corrected chi connectivity index (χ0v) is 16.2. The van der Waals surface area contributed by atoms with Crippen molar-refractivity contribution in [2.75, 3.05) is 20.3 Å². The molecule has 0 spiro atoms. The maximum absolute atomic E-state index is 12.0. The minimum Gasteiger partial charge on any atom is -0.496 e. The van der Waals surface area contributed by atoms with Crippen molar-refractivity contribution in [1.82, 2.24) is 10.0 Å². The fourth-order valence-electron chi connectivity index (χ4n) is 2.28. The lowest BCUT2D eigenvalue weighted by molar-refractivity contribution is -0.148. The Labute approximate surface area is 163 Å². The predicted molar refractivity (Wildman–Crippen MR) is 102 cm³/mol. The van der Waals surface area contributed by atoms with Gasteiger partial charge in [-0.15, -0.1) is 0 Å². The van der Waals surface area contributed by atoms with Gasteiger partial charge >= 0.3 is 5.97 Å². The Morgan fingerprint density at radius 3 is 2.39 bits per heavy atom. The third-order valence-corrected chi connectivity index (χ3v) is 5.18. The summed E-state index contributed by atoms with van der Waals surface area (Å²) in [5.41, 5.74) is 0.792. The van der Waals surface area contributed by atoms with E-state index in [1.54, 1.807) is 24.3 Å². The highest BCUT2D eigenvalue weighted by molar-refractivity contribution is 7.89. The van der Waals surface area contributed by atoms with Crippen LogP contribution in [0.5, 0.6) is 5.75 Å². The Hall–Kier alpha value is -2.91. The summed E-state index contributed by atoms with van der Waals surface area (Å²) in [5, 5.41) is 2.62. The van der Waals surface area contributed by atoms with Crippen molar-refractivity contribution in [3.8, 4) is 5.75 Å². The molecular formula is C19H22N2O6S. The second kappa shape index (κ2) is 10.4. The van der Waals surface area contributed by atoms with E-state index in [1.807, 2.05) is 18.2 Å². The van der Waals surface area contributed by atoms with Crippen LogP contribution in [0.25, 0.3) is 0 Å². The van der Waals surface area contributed by atoms with Crippen LogP contribution >= 0.6 is 0 Å². The topological polar surface area (TPSA) is 111 Å². The van der Waals surface area contributed by atoms with Crippen LogP contribution in [0.1, 0.15) is 12.0 Å². The van der Waals surface area contributed by atoms with Crippen LogP contribution in [-0.4, -0.2) is 40.6 Å². The molecule has 150 valence electrons. The smallest absolute Gasteiger partial charge is 0.307 e. The third kappa shape index (κ3) is 6.67.